The summed E-state index contributed by atoms with van der Waals surface area (Å²) in [5.41, 5.74) is 3.47. The van der Waals surface area contributed by atoms with E-state index < -0.39 is 27.9 Å². The predicted octanol–water partition coefficient (Wildman–Crippen LogP) is 6.48. The number of nitrogens with one attached hydrogen (secondary N) is 1. The topological polar surface area (TPSA) is 124 Å². The molecule has 2 aromatic rings. The fourth-order valence-corrected chi connectivity index (χ4v) is 8.35. The molecule has 1 aliphatic carbocycles. The van der Waals surface area contributed by atoms with Crippen LogP contribution in [0.4, 0.5) is 10.5 Å². The van der Waals surface area contributed by atoms with Crippen molar-refractivity contribution in [2.24, 2.45) is 28.0 Å². The quantitative estimate of drug-likeness (QED) is 0.282. The van der Waals surface area contributed by atoms with Crippen LogP contribution in [0.25, 0.3) is 0 Å². The van der Waals surface area contributed by atoms with Gasteiger partial charge in [-0.05, 0) is 103 Å². The highest BCUT2D eigenvalue weighted by Crippen LogP contribution is 2.42. The Morgan fingerprint density at radius 2 is 1.98 bits per heavy atom. The summed E-state index contributed by atoms with van der Waals surface area (Å²) in [5, 5.41) is 11.8. The van der Waals surface area contributed by atoms with Crippen molar-refractivity contribution >= 4 is 39.8 Å². The Kier molecular flexibility index (Phi) is 10.9. The van der Waals surface area contributed by atoms with Crippen LogP contribution in [-0.2, 0) is 32.5 Å². The van der Waals surface area contributed by atoms with Crippen LogP contribution in [0.2, 0.25) is 5.02 Å². The maximum Gasteiger partial charge on any atom is 0.316 e. The normalized spacial score (nSPS) is 27.7. The van der Waals surface area contributed by atoms with Gasteiger partial charge in [-0.2, -0.15) is 15.9 Å². The third-order valence-corrected chi connectivity index (χ3v) is 11.8. The standard InChI is InChI=1S/C36H43ClN5O5S/c1-23-6-5-8-32(46-2)30-13-10-28(30)22-41-21-27-9-12-29(37)16-25(27)7-3-4-15-47-33-14-11-26(17-31(33)41)34(43)40-48(45)35(23)39-36(44)42-19-24(18-38)20-42/h5,8-9,11-12,14,16-17,23-24,28,30,32,35H,3-4,6-7,10,13,15,19-22H2,1-2H3,(H,39,44)/q-1/b8-5+/t23-,28-,30+,32-,35?/m0/s1. The number of hydrogen-bond acceptors (Lipinski definition) is 8. The number of nitriles is 1. The van der Waals surface area contributed by atoms with Gasteiger partial charge in [0.15, 0.2) is 0 Å². The summed E-state index contributed by atoms with van der Waals surface area (Å²) in [7, 11) is -0.341. The second-order valence-electron chi connectivity index (χ2n) is 13.4. The largest absolute Gasteiger partial charge is 0.491 e. The van der Waals surface area contributed by atoms with Gasteiger partial charge in [0, 0.05) is 43.9 Å². The van der Waals surface area contributed by atoms with Gasteiger partial charge in [0.1, 0.15) is 5.75 Å². The summed E-state index contributed by atoms with van der Waals surface area (Å²) in [5.74, 6) is 0.191. The highest BCUT2D eigenvalue weighted by atomic mass is 35.5. The number of aryl methyl sites for hydroxylation is 1. The molecule has 1 N–H and O–H groups in total. The van der Waals surface area contributed by atoms with Gasteiger partial charge in [-0.1, -0.05) is 36.7 Å². The molecule has 3 aliphatic heterocycles. The van der Waals surface area contributed by atoms with E-state index in [2.05, 4.69) is 38.9 Å². The number of likely N-dealkylation sites (tertiary alicyclic amines) is 1. The molecule has 6 rings (SSSR count). The predicted molar refractivity (Wildman–Crippen MR) is 185 cm³/mol. The van der Waals surface area contributed by atoms with E-state index in [0.717, 1.165) is 44.3 Å². The second-order valence-corrected chi connectivity index (χ2v) is 15.1. The molecule has 2 aromatic carbocycles. The first-order valence-corrected chi connectivity index (χ1v) is 18.4. The van der Waals surface area contributed by atoms with E-state index in [0.29, 0.717) is 60.8 Å². The fraction of sp³-hybridized carbons (Fsp3) is 0.528. The molecule has 3 heterocycles. The maximum absolute atomic E-state index is 13.8. The lowest BCUT2D eigenvalue weighted by Gasteiger charge is -2.43. The number of rotatable bonds is 2. The minimum atomic E-state index is -2.08. The molecule has 0 spiro atoms. The lowest BCUT2D eigenvalue weighted by Crippen LogP contribution is -2.56. The Labute approximate surface area is 289 Å². The van der Waals surface area contributed by atoms with Gasteiger partial charge in [0.05, 0.1) is 30.4 Å². The number of halogens is 1. The second kappa shape index (κ2) is 15.3. The molecule has 4 aliphatic rings. The molecule has 256 valence electrons. The summed E-state index contributed by atoms with van der Waals surface area (Å²) in [4.78, 5) is 30.5. The van der Waals surface area contributed by atoms with E-state index in [1.165, 1.54) is 16.0 Å². The van der Waals surface area contributed by atoms with Crippen LogP contribution >= 0.6 is 11.6 Å². The number of benzene rings is 2. The van der Waals surface area contributed by atoms with Crippen molar-refractivity contribution in [1.82, 2.24) is 10.2 Å². The highest BCUT2D eigenvalue weighted by molar-refractivity contribution is 7.75. The molecule has 3 amide bonds. The lowest BCUT2D eigenvalue weighted by atomic mass is 9.70. The Bertz CT molecular complexity index is 1680. The van der Waals surface area contributed by atoms with E-state index in [1.807, 2.05) is 25.1 Å². The number of ether oxygens (including phenoxy) is 2. The van der Waals surface area contributed by atoms with Crippen LogP contribution in [0, 0.1) is 35.0 Å². The first-order chi connectivity index (χ1) is 23.2. The number of carbonyl (C=O) groups excluding carboxylic acids is 2. The van der Waals surface area contributed by atoms with Gasteiger partial charge < -0.3 is 33.2 Å². The molecular formula is C36H43ClN5O5S-. The zero-order valence-corrected chi connectivity index (χ0v) is 29.0. The SMILES string of the molecule is CO[C@H]1/C=C/C[C@H](C)C(NC(=O)N2CC(C#N)C2)[S-](=O)=NC(=O)c2ccc3c(c2)N(Cc2ccc(Cl)cc2CCCCO3)C[C@@H]2CC[C@H]21. The minimum Gasteiger partial charge on any atom is -0.491 e. The van der Waals surface area contributed by atoms with Crippen molar-refractivity contribution in [1.29, 1.82) is 5.26 Å². The third kappa shape index (κ3) is 7.66. The Balaban J connectivity index is 1.40. The molecule has 1 saturated carbocycles. The summed E-state index contributed by atoms with van der Waals surface area (Å²) in [6, 6.07) is 13.1. The molecule has 1 saturated heterocycles. The van der Waals surface area contributed by atoms with Crippen LogP contribution in [0.1, 0.15) is 60.5 Å². The summed E-state index contributed by atoms with van der Waals surface area (Å²) >= 11 is 6.44. The van der Waals surface area contributed by atoms with Crippen molar-refractivity contribution in [2.75, 3.05) is 38.3 Å². The number of urea groups is 1. The van der Waals surface area contributed by atoms with Crippen LogP contribution in [-0.4, -0.2) is 61.7 Å². The molecule has 5 atom stereocenters. The first kappa shape index (κ1) is 34.3. The molecule has 1 unspecified atom stereocenters. The highest BCUT2D eigenvalue weighted by Gasteiger charge is 2.38. The average molecular weight is 693 g/mol. The molecule has 0 radical (unpaired) electrons. The molecule has 10 nitrogen and oxygen atoms in total. The van der Waals surface area contributed by atoms with Crippen LogP contribution in [0.3, 0.4) is 0 Å². The number of anilines is 1. The number of fused-ring (bicyclic) bond motifs is 3. The van der Waals surface area contributed by atoms with Gasteiger partial charge in [0.2, 0.25) is 0 Å². The summed E-state index contributed by atoms with van der Waals surface area (Å²) in [6.45, 7) is 4.40. The van der Waals surface area contributed by atoms with Gasteiger partial charge >= 0.3 is 6.03 Å². The van der Waals surface area contributed by atoms with Crippen LogP contribution < -0.4 is 15.0 Å². The monoisotopic (exact) mass is 692 g/mol. The Hall–Kier alpha value is -3.59. The Morgan fingerprint density at radius 3 is 2.73 bits per heavy atom. The maximum atomic E-state index is 13.8. The molecular weight excluding hydrogens is 650 g/mol. The smallest absolute Gasteiger partial charge is 0.316 e. The molecule has 48 heavy (non-hydrogen) atoms. The molecule has 12 heteroatoms. The Morgan fingerprint density at radius 1 is 1.15 bits per heavy atom. The summed E-state index contributed by atoms with van der Waals surface area (Å²) in [6.07, 6.45) is 9.31. The minimum absolute atomic E-state index is 0.102. The number of amides is 3. The van der Waals surface area contributed by atoms with Crippen molar-refractivity contribution in [3.8, 4) is 11.8 Å². The lowest BCUT2D eigenvalue weighted by molar-refractivity contribution is 0.0133. The van der Waals surface area contributed by atoms with Crippen LogP contribution in [0.15, 0.2) is 52.9 Å². The number of nitrogens with zero attached hydrogens (tertiary/aromatic N) is 4. The van der Waals surface area contributed by atoms with E-state index in [9.17, 15) is 13.8 Å². The number of methoxy groups -OCH3 is 1. The first-order valence-electron chi connectivity index (χ1n) is 16.8. The molecule has 2 bridgehead atoms. The van der Waals surface area contributed by atoms with Crippen LogP contribution in [0.5, 0.6) is 5.75 Å². The fourth-order valence-electron chi connectivity index (χ4n) is 7.06. The molecule has 0 aromatic heterocycles. The van der Waals surface area contributed by atoms with Gasteiger partial charge in [0.25, 0.3) is 5.91 Å². The number of carbonyl (C=O) groups is 2. The van der Waals surface area contributed by atoms with Crippen molar-refractivity contribution in [2.45, 2.75) is 63.5 Å². The number of hydrogen-bond donors (Lipinski definition) is 1. The average Bonchev–Trinajstić information content (AvgIpc) is 3.06. The van der Waals surface area contributed by atoms with Crippen molar-refractivity contribution in [3.63, 3.8) is 0 Å². The zero-order chi connectivity index (χ0) is 33.8. The third-order valence-electron chi connectivity index (χ3n) is 10.2. The van der Waals surface area contributed by atoms with E-state index >= 15 is 0 Å². The van der Waals surface area contributed by atoms with E-state index in [4.69, 9.17) is 26.3 Å². The van der Waals surface area contributed by atoms with E-state index in [1.54, 1.807) is 19.2 Å². The zero-order valence-electron chi connectivity index (χ0n) is 27.5. The van der Waals surface area contributed by atoms with Gasteiger partial charge in [-0.3, -0.25) is 4.79 Å². The summed E-state index contributed by atoms with van der Waals surface area (Å²) < 4.78 is 30.2. The van der Waals surface area contributed by atoms with E-state index in [-0.39, 0.29) is 17.9 Å². The van der Waals surface area contributed by atoms with Gasteiger partial charge in [-0.25, -0.2) is 4.79 Å². The number of allylic oxidation sites excluding steroid dienone is 1. The van der Waals surface area contributed by atoms with Gasteiger partial charge in [-0.15, -0.1) is 0 Å². The van der Waals surface area contributed by atoms with Crippen molar-refractivity contribution in [3.05, 3.63) is 70.3 Å². The van der Waals surface area contributed by atoms with Crippen molar-refractivity contribution < 1.29 is 23.3 Å². The molecule has 2 fully saturated rings.